The minimum Gasteiger partial charge on any atom is -0.493 e. The van der Waals surface area contributed by atoms with Crippen LogP contribution >= 0.6 is 0 Å². The minimum atomic E-state index is 0.0857. The van der Waals surface area contributed by atoms with Crippen molar-refractivity contribution in [1.29, 1.82) is 0 Å². The van der Waals surface area contributed by atoms with E-state index in [1.807, 2.05) is 47.4 Å². The number of piperidine rings is 1. The van der Waals surface area contributed by atoms with Crippen molar-refractivity contribution in [1.82, 2.24) is 9.80 Å². The maximum absolute atomic E-state index is 13.0. The lowest BCUT2D eigenvalue weighted by Crippen LogP contribution is -2.41. The molecule has 2 aliphatic rings. The highest BCUT2D eigenvalue weighted by molar-refractivity contribution is 5.95. The highest BCUT2D eigenvalue weighted by Crippen LogP contribution is 2.30. The van der Waals surface area contributed by atoms with E-state index in [1.54, 1.807) is 13.2 Å². The number of likely N-dealkylation sites (tertiary alicyclic amines) is 2. The minimum absolute atomic E-state index is 0.0857. The number of rotatable bonds is 7. The smallest absolute Gasteiger partial charge is 0.253 e. The van der Waals surface area contributed by atoms with Crippen molar-refractivity contribution < 1.29 is 14.3 Å². The molecule has 0 unspecified atom stereocenters. The van der Waals surface area contributed by atoms with Gasteiger partial charge in [-0.2, -0.15) is 0 Å². The van der Waals surface area contributed by atoms with Crippen molar-refractivity contribution in [3.8, 4) is 11.5 Å². The molecule has 0 N–H and O–H groups in total. The van der Waals surface area contributed by atoms with Gasteiger partial charge in [0, 0.05) is 25.2 Å². The SMILES string of the molecule is COc1cc(C(=O)N2CCC(CN3CCCC3)CC2)ccc1OCc1ccccc1. The van der Waals surface area contributed by atoms with E-state index in [0.717, 1.165) is 37.4 Å². The van der Waals surface area contributed by atoms with Crippen LogP contribution in [-0.4, -0.2) is 55.5 Å². The van der Waals surface area contributed by atoms with Gasteiger partial charge in [0.2, 0.25) is 0 Å². The first kappa shape index (κ1) is 20.7. The van der Waals surface area contributed by atoms with E-state index in [9.17, 15) is 4.79 Å². The Labute approximate surface area is 179 Å². The molecule has 2 aromatic carbocycles. The molecule has 0 bridgehead atoms. The van der Waals surface area contributed by atoms with Crippen molar-refractivity contribution in [3.05, 3.63) is 59.7 Å². The van der Waals surface area contributed by atoms with Gasteiger partial charge in [0.15, 0.2) is 11.5 Å². The van der Waals surface area contributed by atoms with Crippen molar-refractivity contribution in [3.63, 3.8) is 0 Å². The Morgan fingerprint density at radius 3 is 2.40 bits per heavy atom. The summed E-state index contributed by atoms with van der Waals surface area (Å²) in [5.74, 6) is 2.06. The van der Waals surface area contributed by atoms with Crippen LogP contribution in [0.1, 0.15) is 41.6 Å². The summed E-state index contributed by atoms with van der Waals surface area (Å²) in [6, 6.07) is 15.5. The van der Waals surface area contributed by atoms with Crippen LogP contribution in [0.25, 0.3) is 0 Å². The topological polar surface area (TPSA) is 42.0 Å². The average Bonchev–Trinajstić information content (AvgIpc) is 3.31. The largest absolute Gasteiger partial charge is 0.493 e. The summed E-state index contributed by atoms with van der Waals surface area (Å²) in [4.78, 5) is 17.6. The predicted molar refractivity (Wildman–Crippen MR) is 118 cm³/mol. The second-order valence-electron chi connectivity index (χ2n) is 8.38. The highest BCUT2D eigenvalue weighted by Gasteiger charge is 2.26. The predicted octanol–water partition coefficient (Wildman–Crippen LogP) is 4.22. The number of nitrogens with zero attached hydrogens (tertiary/aromatic N) is 2. The van der Waals surface area contributed by atoms with E-state index < -0.39 is 0 Å². The zero-order chi connectivity index (χ0) is 20.8. The average molecular weight is 409 g/mol. The maximum atomic E-state index is 13.0. The molecule has 0 radical (unpaired) electrons. The lowest BCUT2D eigenvalue weighted by Gasteiger charge is -2.34. The van der Waals surface area contributed by atoms with Gasteiger partial charge in [-0.1, -0.05) is 30.3 Å². The molecule has 0 atom stereocenters. The summed E-state index contributed by atoms with van der Waals surface area (Å²) >= 11 is 0. The summed E-state index contributed by atoms with van der Waals surface area (Å²) in [5.41, 5.74) is 1.76. The first-order chi connectivity index (χ1) is 14.7. The van der Waals surface area contributed by atoms with E-state index in [-0.39, 0.29) is 5.91 Å². The van der Waals surface area contributed by atoms with Gasteiger partial charge in [0.1, 0.15) is 6.61 Å². The molecule has 2 heterocycles. The first-order valence-corrected chi connectivity index (χ1v) is 11.1. The molecule has 2 aromatic rings. The molecule has 5 heteroatoms. The Morgan fingerprint density at radius 1 is 0.967 bits per heavy atom. The Morgan fingerprint density at radius 2 is 1.70 bits per heavy atom. The molecular weight excluding hydrogens is 376 g/mol. The van der Waals surface area contributed by atoms with Crippen LogP contribution in [0, 0.1) is 5.92 Å². The summed E-state index contributed by atoms with van der Waals surface area (Å²) in [7, 11) is 1.61. The summed E-state index contributed by atoms with van der Waals surface area (Å²) in [6.07, 6.45) is 4.86. The number of carbonyl (C=O) groups excluding carboxylic acids is 1. The van der Waals surface area contributed by atoms with Crippen molar-refractivity contribution >= 4 is 5.91 Å². The third-order valence-corrected chi connectivity index (χ3v) is 6.26. The van der Waals surface area contributed by atoms with E-state index >= 15 is 0 Å². The van der Waals surface area contributed by atoms with Crippen LogP contribution in [0.5, 0.6) is 11.5 Å². The van der Waals surface area contributed by atoms with Gasteiger partial charge in [-0.25, -0.2) is 0 Å². The van der Waals surface area contributed by atoms with Gasteiger partial charge in [0.05, 0.1) is 7.11 Å². The number of hydrogen-bond donors (Lipinski definition) is 0. The van der Waals surface area contributed by atoms with Gasteiger partial charge >= 0.3 is 0 Å². The Bertz CT molecular complexity index is 826. The Kier molecular flexibility index (Phi) is 6.90. The molecule has 1 amide bonds. The molecule has 0 spiro atoms. The van der Waals surface area contributed by atoms with E-state index in [4.69, 9.17) is 9.47 Å². The zero-order valence-electron chi connectivity index (χ0n) is 17.9. The van der Waals surface area contributed by atoms with Gasteiger partial charge < -0.3 is 19.3 Å². The lowest BCUT2D eigenvalue weighted by atomic mass is 9.95. The molecular formula is C25H32N2O3. The lowest BCUT2D eigenvalue weighted by molar-refractivity contribution is 0.0672. The second kappa shape index (κ2) is 9.98. The number of benzene rings is 2. The monoisotopic (exact) mass is 408 g/mol. The van der Waals surface area contributed by atoms with Crippen LogP contribution in [0.4, 0.5) is 0 Å². The molecule has 2 fully saturated rings. The normalized spacial score (nSPS) is 17.8. The van der Waals surface area contributed by atoms with Gasteiger partial charge in [-0.15, -0.1) is 0 Å². The Balaban J connectivity index is 1.33. The summed E-state index contributed by atoms with van der Waals surface area (Å²) in [6.45, 7) is 5.84. The van der Waals surface area contributed by atoms with Gasteiger partial charge in [-0.3, -0.25) is 4.79 Å². The molecule has 2 aliphatic heterocycles. The number of methoxy groups -OCH3 is 1. The van der Waals surface area contributed by atoms with Crippen molar-refractivity contribution in [2.75, 3.05) is 39.8 Å². The van der Waals surface area contributed by atoms with E-state index in [1.165, 1.54) is 32.5 Å². The fourth-order valence-electron chi connectivity index (χ4n) is 4.49. The van der Waals surface area contributed by atoms with Gasteiger partial charge in [-0.05, 0) is 68.5 Å². The fraction of sp³-hybridized carbons (Fsp3) is 0.480. The number of ether oxygens (including phenoxy) is 2. The van der Waals surface area contributed by atoms with Crippen LogP contribution in [-0.2, 0) is 6.61 Å². The third kappa shape index (κ3) is 5.14. The molecule has 0 aromatic heterocycles. The highest BCUT2D eigenvalue weighted by atomic mass is 16.5. The number of carbonyl (C=O) groups is 1. The van der Waals surface area contributed by atoms with Crippen LogP contribution in [0.3, 0.4) is 0 Å². The van der Waals surface area contributed by atoms with E-state index in [0.29, 0.717) is 23.7 Å². The van der Waals surface area contributed by atoms with Crippen molar-refractivity contribution in [2.24, 2.45) is 5.92 Å². The molecule has 2 saturated heterocycles. The number of hydrogen-bond acceptors (Lipinski definition) is 4. The summed E-state index contributed by atoms with van der Waals surface area (Å²) in [5, 5.41) is 0. The molecule has 0 saturated carbocycles. The molecule has 4 rings (SSSR count). The van der Waals surface area contributed by atoms with Gasteiger partial charge in [0.25, 0.3) is 5.91 Å². The molecule has 160 valence electrons. The molecule has 0 aliphatic carbocycles. The van der Waals surface area contributed by atoms with Crippen LogP contribution in [0.15, 0.2) is 48.5 Å². The zero-order valence-corrected chi connectivity index (χ0v) is 17.9. The summed E-state index contributed by atoms with van der Waals surface area (Å²) < 4.78 is 11.4. The number of amides is 1. The van der Waals surface area contributed by atoms with Crippen molar-refractivity contribution in [2.45, 2.75) is 32.3 Å². The quantitative estimate of drug-likeness (QED) is 0.688. The second-order valence-corrected chi connectivity index (χ2v) is 8.38. The fourth-order valence-corrected chi connectivity index (χ4v) is 4.49. The Hall–Kier alpha value is -2.53. The first-order valence-electron chi connectivity index (χ1n) is 11.1. The maximum Gasteiger partial charge on any atom is 0.253 e. The molecule has 30 heavy (non-hydrogen) atoms. The van der Waals surface area contributed by atoms with E-state index in [2.05, 4.69) is 4.90 Å². The molecule has 5 nitrogen and oxygen atoms in total. The van der Waals surface area contributed by atoms with Crippen LogP contribution in [0.2, 0.25) is 0 Å². The van der Waals surface area contributed by atoms with Crippen LogP contribution < -0.4 is 9.47 Å². The third-order valence-electron chi connectivity index (χ3n) is 6.26. The standard InChI is InChI=1S/C25H32N2O3/c1-29-24-17-22(9-10-23(24)30-19-21-7-3-2-4-8-21)25(28)27-15-11-20(12-16-27)18-26-13-5-6-14-26/h2-4,7-10,17,20H,5-6,11-16,18-19H2,1H3.